The van der Waals surface area contributed by atoms with Crippen molar-refractivity contribution >= 4 is 29.1 Å². The largest absolute Gasteiger partial charge is 0.391 e. The average molecular weight is 552 g/mol. The van der Waals surface area contributed by atoms with Crippen molar-refractivity contribution in [1.29, 1.82) is 0 Å². The Labute approximate surface area is 228 Å². The third kappa shape index (κ3) is 6.31. The van der Waals surface area contributed by atoms with Gasteiger partial charge in [-0.25, -0.2) is 0 Å². The first-order valence-corrected chi connectivity index (χ1v) is 13.6. The zero-order valence-corrected chi connectivity index (χ0v) is 22.6. The number of nitrogens with two attached hydrogens (primary N) is 1. The molecule has 2 aromatic rings. The molecule has 1 amide bonds. The van der Waals surface area contributed by atoms with Crippen LogP contribution in [-0.2, 0) is 19.9 Å². The molecule has 37 heavy (non-hydrogen) atoms. The lowest BCUT2D eigenvalue weighted by Gasteiger charge is -2.44. The van der Waals surface area contributed by atoms with Crippen molar-refractivity contribution in [3.8, 4) is 11.1 Å². The van der Waals surface area contributed by atoms with Crippen molar-refractivity contribution < 1.29 is 24.5 Å². The lowest BCUT2D eigenvalue weighted by atomic mass is 9.79. The van der Waals surface area contributed by atoms with Gasteiger partial charge in [-0.3, -0.25) is 4.79 Å². The van der Waals surface area contributed by atoms with Crippen molar-refractivity contribution in [2.75, 3.05) is 33.4 Å². The maximum Gasteiger partial charge on any atom is 0.226 e. The van der Waals surface area contributed by atoms with Gasteiger partial charge in [0.05, 0.1) is 19.3 Å². The molecule has 4 rings (SSSR count). The van der Waals surface area contributed by atoms with E-state index in [1.54, 1.807) is 24.1 Å². The molecule has 1 unspecified atom stereocenters. The van der Waals surface area contributed by atoms with E-state index < -0.39 is 23.9 Å². The maximum absolute atomic E-state index is 13.3. The summed E-state index contributed by atoms with van der Waals surface area (Å²) in [5.74, 6) is -0.380. The topological polar surface area (TPSA) is 105 Å². The minimum atomic E-state index is -1.43. The molecule has 1 aliphatic carbocycles. The number of unbranched alkanes of at least 4 members (excludes halogenated alkanes) is 1. The van der Waals surface area contributed by atoms with Gasteiger partial charge < -0.3 is 30.3 Å². The van der Waals surface area contributed by atoms with Gasteiger partial charge in [0.1, 0.15) is 11.7 Å². The molecule has 7 nitrogen and oxygen atoms in total. The number of hydrogen-bond acceptors (Lipinski definition) is 6. The van der Waals surface area contributed by atoms with E-state index in [0.717, 1.165) is 12.0 Å². The van der Waals surface area contributed by atoms with Crippen LogP contribution < -0.4 is 5.73 Å². The molecule has 9 heteroatoms. The maximum atomic E-state index is 13.3. The van der Waals surface area contributed by atoms with Gasteiger partial charge in [0.2, 0.25) is 5.91 Å². The standard InChI is InChI=1S/C28H36Cl2N2O5/c1-36-12-3-2-10-28(35,21-8-5-9-22(30)26(21)18-6-4-7-20(29)14-18)25-17-32(11-13-37-25)27(34)19-15-23(31)24(33)16-19/h4-9,14,19,23-25,33,35H,2-3,10-13,15-17,31H2,1H3/t19-,23+,24-,25?,28+/m0/s1. The summed E-state index contributed by atoms with van der Waals surface area (Å²) >= 11 is 13.0. The van der Waals surface area contributed by atoms with E-state index in [9.17, 15) is 15.0 Å². The second-order valence-corrected chi connectivity index (χ2v) is 10.9. The summed E-state index contributed by atoms with van der Waals surface area (Å²) in [5, 5.41) is 23.6. The zero-order valence-electron chi connectivity index (χ0n) is 21.1. The van der Waals surface area contributed by atoms with Gasteiger partial charge in [-0.05, 0) is 61.4 Å². The van der Waals surface area contributed by atoms with Crippen molar-refractivity contribution in [2.45, 2.75) is 56.0 Å². The Kier molecular flexibility index (Phi) is 9.51. The predicted molar refractivity (Wildman–Crippen MR) is 145 cm³/mol. The SMILES string of the molecule is COCCCC[C@@](O)(c1cccc(Cl)c1-c1cccc(Cl)c1)C1CN(C(=O)[C@H]2C[C@@H](N)[C@@H](O)C2)CCO1. The fraction of sp³-hybridized carbons (Fsp3) is 0.536. The molecule has 1 saturated heterocycles. The summed E-state index contributed by atoms with van der Waals surface area (Å²) in [5.41, 5.74) is 6.66. The van der Waals surface area contributed by atoms with E-state index >= 15 is 0 Å². The summed E-state index contributed by atoms with van der Waals surface area (Å²) in [7, 11) is 1.65. The molecule has 0 aromatic heterocycles. The van der Waals surface area contributed by atoms with E-state index in [2.05, 4.69) is 0 Å². The van der Waals surface area contributed by atoms with Gasteiger partial charge in [0.25, 0.3) is 0 Å². The highest BCUT2D eigenvalue weighted by atomic mass is 35.5. The van der Waals surface area contributed by atoms with Gasteiger partial charge in [0.15, 0.2) is 0 Å². The Hall–Kier alpha value is -1.71. The van der Waals surface area contributed by atoms with Crippen LogP contribution in [0, 0.1) is 5.92 Å². The predicted octanol–water partition coefficient (Wildman–Crippen LogP) is 3.99. The van der Waals surface area contributed by atoms with Crippen molar-refractivity contribution in [2.24, 2.45) is 11.7 Å². The first-order valence-electron chi connectivity index (χ1n) is 12.8. The lowest BCUT2D eigenvalue weighted by molar-refractivity contribution is -0.167. The Morgan fingerprint density at radius 1 is 1.22 bits per heavy atom. The number of carbonyl (C=O) groups is 1. The second kappa shape index (κ2) is 12.4. The molecule has 1 saturated carbocycles. The van der Waals surface area contributed by atoms with Crippen molar-refractivity contribution in [3.63, 3.8) is 0 Å². The highest BCUT2D eigenvalue weighted by Crippen LogP contribution is 2.43. The summed E-state index contributed by atoms with van der Waals surface area (Å²) < 4.78 is 11.4. The van der Waals surface area contributed by atoms with Gasteiger partial charge in [-0.15, -0.1) is 0 Å². The Balaban J connectivity index is 1.68. The van der Waals surface area contributed by atoms with E-state index in [0.29, 0.717) is 66.6 Å². The van der Waals surface area contributed by atoms with Crippen LogP contribution in [0.25, 0.3) is 11.1 Å². The Morgan fingerprint density at radius 3 is 2.70 bits per heavy atom. The number of ether oxygens (including phenoxy) is 2. The molecule has 1 aliphatic heterocycles. The monoisotopic (exact) mass is 550 g/mol. The summed E-state index contributed by atoms with van der Waals surface area (Å²) in [6.07, 6.45) is 1.30. The normalized spacial score (nSPS) is 25.7. The average Bonchev–Trinajstić information content (AvgIpc) is 3.23. The number of rotatable bonds is 9. The Bertz CT molecular complexity index is 1080. The van der Waals surface area contributed by atoms with Gasteiger partial charge in [-0.1, -0.05) is 47.5 Å². The quantitative estimate of drug-likeness (QED) is 0.407. The minimum Gasteiger partial charge on any atom is -0.391 e. The number of nitrogens with zero attached hydrogens (tertiary/aromatic N) is 1. The molecule has 2 fully saturated rings. The van der Waals surface area contributed by atoms with Crippen LogP contribution >= 0.6 is 23.2 Å². The molecule has 0 spiro atoms. The molecule has 1 heterocycles. The fourth-order valence-corrected chi connectivity index (χ4v) is 6.05. The number of carbonyl (C=O) groups excluding carboxylic acids is 1. The van der Waals surface area contributed by atoms with Gasteiger partial charge in [0, 0.05) is 47.8 Å². The number of hydrogen-bond donors (Lipinski definition) is 3. The highest BCUT2D eigenvalue weighted by molar-refractivity contribution is 6.34. The third-order valence-electron chi connectivity index (χ3n) is 7.59. The van der Waals surface area contributed by atoms with Crippen LogP contribution in [-0.4, -0.2) is 72.7 Å². The van der Waals surface area contributed by atoms with E-state index in [-0.39, 0.29) is 18.4 Å². The van der Waals surface area contributed by atoms with Gasteiger partial charge >= 0.3 is 0 Å². The first kappa shape index (κ1) is 28.3. The van der Waals surface area contributed by atoms with Crippen LogP contribution in [0.15, 0.2) is 42.5 Å². The Morgan fingerprint density at radius 2 is 2.00 bits per heavy atom. The van der Waals surface area contributed by atoms with Crippen LogP contribution in [0.1, 0.15) is 37.7 Å². The van der Waals surface area contributed by atoms with Gasteiger partial charge in [-0.2, -0.15) is 0 Å². The number of morpholine rings is 1. The molecular formula is C28H36Cl2N2O5. The number of amides is 1. The van der Waals surface area contributed by atoms with E-state index in [4.69, 9.17) is 38.4 Å². The molecule has 5 atom stereocenters. The number of aliphatic hydroxyl groups is 2. The van der Waals surface area contributed by atoms with Crippen LogP contribution in [0.3, 0.4) is 0 Å². The van der Waals surface area contributed by atoms with E-state index in [1.165, 1.54) is 0 Å². The van der Waals surface area contributed by atoms with E-state index in [1.807, 2.05) is 30.3 Å². The van der Waals surface area contributed by atoms with Crippen molar-refractivity contribution in [3.05, 3.63) is 58.1 Å². The smallest absolute Gasteiger partial charge is 0.226 e. The lowest BCUT2D eigenvalue weighted by Crippen LogP contribution is -2.55. The molecule has 0 bridgehead atoms. The molecular weight excluding hydrogens is 515 g/mol. The van der Waals surface area contributed by atoms with Crippen LogP contribution in [0.5, 0.6) is 0 Å². The second-order valence-electron chi connectivity index (χ2n) is 10.1. The third-order valence-corrected chi connectivity index (χ3v) is 8.14. The minimum absolute atomic E-state index is 0.0526. The summed E-state index contributed by atoms with van der Waals surface area (Å²) in [6.45, 7) is 1.52. The van der Waals surface area contributed by atoms with Crippen molar-refractivity contribution in [1.82, 2.24) is 4.90 Å². The molecule has 4 N–H and O–H groups in total. The zero-order chi connectivity index (χ0) is 26.6. The molecule has 202 valence electrons. The number of methoxy groups -OCH3 is 1. The number of aliphatic hydroxyl groups excluding tert-OH is 1. The molecule has 0 radical (unpaired) electrons. The summed E-state index contributed by atoms with van der Waals surface area (Å²) in [6, 6.07) is 12.5. The number of halogens is 2. The molecule has 2 aliphatic rings. The molecule has 2 aromatic carbocycles. The number of benzene rings is 2. The summed E-state index contributed by atoms with van der Waals surface area (Å²) in [4.78, 5) is 15.1. The highest BCUT2D eigenvalue weighted by Gasteiger charge is 2.45. The first-order chi connectivity index (χ1) is 17.7. The fourth-order valence-electron chi connectivity index (χ4n) is 5.58. The van der Waals surface area contributed by atoms with Crippen LogP contribution in [0.4, 0.5) is 0 Å². The van der Waals surface area contributed by atoms with Crippen LogP contribution in [0.2, 0.25) is 10.0 Å².